The molecule has 0 saturated heterocycles. The molecule has 1 heterocycles. The van der Waals surface area contributed by atoms with Gasteiger partial charge in [0, 0.05) is 17.0 Å². The topological polar surface area (TPSA) is 4.93 Å². The lowest BCUT2D eigenvalue weighted by atomic mass is 10.2. The number of aromatic nitrogens is 1. The number of para-hydroxylation sites is 2. The number of halogens is 4. The summed E-state index contributed by atoms with van der Waals surface area (Å²) in [5.74, 6) is 0. The molecule has 0 aliphatic rings. The van der Waals surface area contributed by atoms with Gasteiger partial charge < -0.3 is 21.8 Å². The van der Waals surface area contributed by atoms with Crippen LogP contribution in [0.3, 0.4) is 0 Å². The van der Waals surface area contributed by atoms with Crippen LogP contribution >= 0.6 is 0 Å². The van der Waals surface area contributed by atoms with Crippen molar-refractivity contribution in [3.05, 3.63) is 55.1 Å². The summed E-state index contributed by atoms with van der Waals surface area (Å²) in [7, 11) is -6.00. The highest BCUT2D eigenvalue weighted by atomic mass is 19.5. The number of rotatable bonds is 1. The summed E-state index contributed by atoms with van der Waals surface area (Å²) in [6, 6.07) is 16.8. The maximum atomic E-state index is 9.75. The molecule has 3 aromatic rings. The van der Waals surface area contributed by atoms with Gasteiger partial charge >= 0.3 is 7.25 Å². The van der Waals surface area contributed by atoms with E-state index < -0.39 is 7.25 Å². The zero-order valence-electron chi connectivity index (χ0n) is 10.4. The predicted octanol–water partition coefficient (Wildman–Crippen LogP) is 5.20. The number of nitrogens with zero attached hydrogens (tertiary/aromatic N) is 1. The van der Waals surface area contributed by atoms with Crippen LogP contribution < -0.4 is 0 Å². The molecule has 1 aromatic heterocycles. The summed E-state index contributed by atoms with van der Waals surface area (Å²) < 4.78 is 41.1. The molecule has 0 unspecified atom stereocenters. The highest BCUT2D eigenvalue weighted by Crippen LogP contribution is 2.28. The molecule has 0 aliphatic heterocycles. The molecule has 0 aliphatic carbocycles. The second-order valence-corrected chi connectivity index (χ2v) is 4.08. The molecule has 0 atom stereocenters. The first-order valence-corrected chi connectivity index (χ1v) is 5.89. The average Bonchev–Trinajstić information content (AvgIpc) is 2.71. The Morgan fingerprint density at radius 2 is 1.15 bits per heavy atom. The normalized spacial score (nSPS) is 11.2. The molecule has 0 bridgehead atoms. The van der Waals surface area contributed by atoms with Crippen molar-refractivity contribution in [2.45, 2.75) is 0 Å². The van der Waals surface area contributed by atoms with Crippen LogP contribution in [0.5, 0.6) is 0 Å². The fourth-order valence-corrected chi connectivity index (χ4v) is 2.15. The summed E-state index contributed by atoms with van der Waals surface area (Å²) in [6.45, 7) is 3.87. The standard InChI is InChI=1S/C14H11N.BF4/c1-2-15-13-9-5-3-7-11(13)12-8-4-6-10-14(12)15;2-1(3,4)5/h2-10H,1H2;/q;-1. The van der Waals surface area contributed by atoms with Crippen LogP contribution in [0.4, 0.5) is 17.3 Å². The van der Waals surface area contributed by atoms with Gasteiger partial charge in [0.15, 0.2) is 0 Å². The fourth-order valence-electron chi connectivity index (χ4n) is 2.15. The SMILES string of the molecule is C=Cn1c2ccccc2c2ccccc21.F[B-](F)(F)F. The van der Waals surface area contributed by atoms with Crippen molar-refractivity contribution in [2.75, 3.05) is 0 Å². The molecule has 0 radical (unpaired) electrons. The smallest absolute Gasteiger partial charge is 0.418 e. The highest BCUT2D eigenvalue weighted by Gasteiger charge is 2.20. The van der Waals surface area contributed by atoms with Crippen molar-refractivity contribution in [3.8, 4) is 0 Å². The Balaban J connectivity index is 0.000000257. The van der Waals surface area contributed by atoms with Gasteiger partial charge in [0.25, 0.3) is 0 Å². The van der Waals surface area contributed by atoms with E-state index in [1.165, 1.54) is 21.8 Å². The zero-order chi connectivity index (χ0) is 14.8. The largest absolute Gasteiger partial charge is 0.673 e. The minimum atomic E-state index is -6.00. The number of benzene rings is 2. The number of hydrogen-bond acceptors (Lipinski definition) is 0. The lowest BCUT2D eigenvalue weighted by molar-refractivity contribution is 0.368. The first-order chi connectivity index (χ1) is 9.42. The zero-order valence-corrected chi connectivity index (χ0v) is 10.4. The molecule has 3 rings (SSSR count). The Morgan fingerprint density at radius 3 is 1.50 bits per heavy atom. The van der Waals surface area contributed by atoms with E-state index in [4.69, 9.17) is 0 Å². The summed E-state index contributed by atoms with van der Waals surface area (Å²) in [4.78, 5) is 0. The van der Waals surface area contributed by atoms with E-state index in [2.05, 4.69) is 59.7 Å². The van der Waals surface area contributed by atoms with E-state index >= 15 is 0 Å². The van der Waals surface area contributed by atoms with Crippen molar-refractivity contribution in [1.29, 1.82) is 0 Å². The Bertz CT molecular complexity index is 686. The second-order valence-electron chi connectivity index (χ2n) is 4.08. The highest BCUT2D eigenvalue weighted by molar-refractivity contribution is 6.50. The van der Waals surface area contributed by atoms with E-state index in [-0.39, 0.29) is 0 Å². The maximum absolute atomic E-state index is 9.75. The van der Waals surface area contributed by atoms with Crippen LogP contribution in [0.15, 0.2) is 55.1 Å². The molecule has 104 valence electrons. The van der Waals surface area contributed by atoms with Gasteiger partial charge in [-0.05, 0) is 12.1 Å². The summed E-state index contributed by atoms with van der Waals surface area (Å²) in [6.07, 6.45) is 1.87. The van der Waals surface area contributed by atoms with E-state index in [9.17, 15) is 17.3 Å². The quantitative estimate of drug-likeness (QED) is 0.426. The molecule has 1 nitrogen and oxygen atoms in total. The van der Waals surface area contributed by atoms with Crippen molar-refractivity contribution < 1.29 is 17.3 Å². The number of hydrogen-bond donors (Lipinski definition) is 0. The van der Waals surface area contributed by atoms with Gasteiger partial charge in [-0.2, -0.15) is 0 Å². The molecule has 0 spiro atoms. The molecular formula is C14H11BF4N-. The minimum absolute atomic E-state index is 1.22. The molecule has 2 aromatic carbocycles. The first-order valence-electron chi connectivity index (χ1n) is 5.89. The molecule has 0 saturated carbocycles. The van der Waals surface area contributed by atoms with Gasteiger partial charge in [0.05, 0.1) is 11.0 Å². The van der Waals surface area contributed by atoms with Gasteiger partial charge in [0.2, 0.25) is 0 Å². The third-order valence-electron chi connectivity index (χ3n) is 2.80. The summed E-state index contributed by atoms with van der Waals surface area (Å²) in [5, 5.41) is 2.57. The monoisotopic (exact) mass is 280 g/mol. The predicted molar refractivity (Wildman–Crippen MR) is 76.0 cm³/mol. The van der Waals surface area contributed by atoms with Crippen LogP contribution in [0.1, 0.15) is 0 Å². The van der Waals surface area contributed by atoms with Gasteiger partial charge in [-0.15, -0.1) is 0 Å². The van der Waals surface area contributed by atoms with Gasteiger partial charge in [-0.1, -0.05) is 43.0 Å². The van der Waals surface area contributed by atoms with Crippen molar-refractivity contribution in [2.24, 2.45) is 0 Å². The molecule has 0 amide bonds. The van der Waals surface area contributed by atoms with Crippen LogP contribution in [-0.4, -0.2) is 11.8 Å². The van der Waals surface area contributed by atoms with Crippen LogP contribution in [-0.2, 0) is 0 Å². The second kappa shape index (κ2) is 5.40. The lowest BCUT2D eigenvalue weighted by Crippen LogP contribution is -2.02. The van der Waals surface area contributed by atoms with Crippen molar-refractivity contribution >= 4 is 35.3 Å². The van der Waals surface area contributed by atoms with E-state index in [1.807, 2.05) is 6.20 Å². The van der Waals surface area contributed by atoms with Crippen LogP contribution in [0.2, 0.25) is 0 Å². The molecule has 20 heavy (non-hydrogen) atoms. The Kier molecular flexibility index (Phi) is 3.83. The van der Waals surface area contributed by atoms with Crippen LogP contribution in [0.25, 0.3) is 28.0 Å². The molecule has 0 fully saturated rings. The molecular weight excluding hydrogens is 269 g/mol. The maximum Gasteiger partial charge on any atom is 0.673 e. The Morgan fingerprint density at radius 1 is 0.800 bits per heavy atom. The van der Waals surface area contributed by atoms with Gasteiger partial charge in [-0.3, -0.25) is 0 Å². The van der Waals surface area contributed by atoms with Crippen molar-refractivity contribution in [1.82, 2.24) is 4.57 Å². The van der Waals surface area contributed by atoms with E-state index in [0.29, 0.717) is 0 Å². The average molecular weight is 280 g/mol. The van der Waals surface area contributed by atoms with Gasteiger partial charge in [0.1, 0.15) is 0 Å². The Labute approximate surface area is 113 Å². The van der Waals surface area contributed by atoms with E-state index in [0.717, 1.165) is 0 Å². The summed E-state index contributed by atoms with van der Waals surface area (Å²) >= 11 is 0. The van der Waals surface area contributed by atoms with E-state index in [1.54, 1.807) is 0 Å². The van der Waals surface area contributed by atoms with Crippen molar-refractivity contribution in [3.63, 3.8) is 0 Å². The summed E-state index contributed by atoms with van der Waals surface area (Å²) in [5.41, 5.74) is 2.43. The fraction of sp³-hybridized carbons (Fsp3) is 0. The lowest BCUT2D eigenvalue weighted by Gasteiger charge is -1.97. The third-order valence-corrected chi connectivity index (χ3v) is 2.80. The van der Waals surface area contributed by atoms with Gasteiger partial charge in [-0.25, -0.2) is 0 Å². The Hall–Kier alpha value is -2.24. The third kappa shape index (κ3) is 3.01. The molecule has 6 heteroatoms. The van der Waals surface area contributed by atoms with Crippen LogP contribution in [0, 0.1) is 0 Å². The minimum Gasteiger partial charge on any atom is -0.418 e. The molecule has 0 N–H and O–H groups in total. The first kappa shape index (κ1) is 14.2. The number of fused-ring (bicyclic) bond motifs is 3.